The Bertz CT molecular complexity index is 1080. The summed E-state index contributed by atoms with van der Waals surface area (Å²) in [5.74, 6) is -3.41. The van der Waals surface area contributed by atoms with E-state index in [0.717, 1.165) is 34.1 Å². The Morgan fingerprint density at radius 1 is 0.633 bits per heavy atom. The molecule has 0 spiro atoms. The highest BCUT2D eigenvalue weighted by molar-refractivity contribution is 5.79. The molecule has 0 aromatic heterocycles. The molecule has 0 aliphatic heterocycles. The number of benzene rings is 3. The zero-order valence-electron chi connectivity index (χ0n) is 15.9. The van der Waals surface area contributed by atoms with Gasteiger partial charge in [-0.2, -0.15) is 10.5 Å². The average molecular weight is 410 g/mol. The molecule has 0 bridgehead atoms. The van der Waals surface area contributed by atoms with Gasteiger partial charge in [-0.25, -0.2) is 17.6 Å². The highest BCUT2D eigenvalue weighted by Crippen LogP contribution is 2.37. The van der Waals surface area contributed by atoms with Crippen LogP contribution >= 0.6 is 0 Å². The van der Waals surface area contributed by atoms with Gasteiger partial charge >= 0.3 is 0 Å². The standard InChI is InChI=1S/C22H14F4N4/c1-29(21-15(23)5-3-6-16(21)24)19-9-14(12-28)20(10-13(19)11-27)30(2)22-17(25)7-4-8-18(22)26/h3-10H,1-2H3. The van der Waals surface area contributed by atoms with E-state index in [1.54, 1.807) is 0 Å². The van der Waals surface area contributed by atoms with Crippen LogP contribution in [0.5, 0.6) is 0 Å². The fraction of sp³-hybridized carbons (Fsp3) is 0.0909. The maximum absolute atomic E-state index is 14.2. The molecular weight excluding hydrogens is 396 g/mol. The highest BCUT2D eigenvalue weighted by Gasteiger charge is 2.23. The number of anilines is 4. The van der Waals surface area contributed by atoms with Crippen molar-refractivity contribution in [2.24, 2.45) is 0 Å². The van der Waals surface area contributed by atoms with E-state index in [1.165, 1.54) is 38.4 Å². The SMILES string of the molecule is CN(c1cc(C#N)c(N(C)c2c(F)cccc2F)cc1C#N)c1c(F)cccc1F. The van der Waals surface area contributed by atoms with Crippen molar-refractivity contribution >= 4 is 22.7 Å². The first kappa shape index (κ1) is 20.7. The summed E-state index contributed by atoms with van der Waals surface area (Å²) >= 11 is 0. The molecule has 3 aromatic rings. The largest absolute Gasteiger partial charge is 0.339 e. The van der Waals surface area contributed by atoms with Crippen molar-refractivity contribution in [3.63, 3.8) is 0 Å². The Balaban J connectivity index is 2.19. The fourth-order valence-corrected chi connectivity index (χ4v) is 3.17. The fourth-order valence-electron chi connectivity index (χ4n) is 3.17. The summed E-state index contributed by atoms with van der Waals surface area (Å²) in [4.78, 5) is 2.22. The Hall–Kier alpha value is -4.04. The van der Waals surface area contributed by atoms with Crippen LogP contribution in [0.4, 0.5) is 40.3 Å². The Kier molecular flexibility index (Phi) is 5.61. The van der Waals surface area contributed by atoms with Crippen molar-refractivity contribution in [1.82, 2.24) is 0 Å². The van der Waals surface area contributed by atoms with E-state index in [1.807, 2.05) is 12.1 Å². The van der Waals surface area contributed by atoms with Crippen molar-refractivity contribution < 1.29 is 17.6 Å². The summed E-state index contributed by atoms with van der Waals surface area (Å²) < 4.78 is 56.8. The lowest BCUT2D eigenvalue weighted by Crippen LogP contribution is -2.18. The summed E-state index contributed by atoms with van der Waals surface area (Å²) in [6.07, 6.45) is 0. The first-order valence-corrected chi connectivity index (χ1v) is 8.63. The predicted octanol–water partition coefficient (Wildman–Crippen LogP) is 5.52. The maximum Gasteiger partial charge on any atom is 0.149 e. The smallest absolute Gasteiger partial charge is 0.149 e. The van der Waals surface area contributed by atoms with Gasteiger partial charge in [0.25, 0.3) is 0 Å². The van der Waals surface area contributed by atoms with E-state index in [0.29, 0.717) is 0 Å². The van der Waals surface area contributed by atoms with E-state index in [2.05, 4.69) is 0 Å². The van der Waals surface area contributed by atoms with E-state index < -0.39 is 34.6 Å². The number of halogens is 4. The molecule has 0 aliphatic rings. The van der Waals surface area contributed by atoms with Gasteiger partial charge in [-0.05, 0) is 36.4 Å². The molecule has 0 unspecified atom stereocenters. The highest BCUT2D eigenvalue weighted by atomic mass is 19.1. The predicted molar refractivity (Wildman–Crippen MR) is 105 cm³/mol. The first-order valence-electron chi connectivity index (χ1n) is 8.63. The van der Waals surface area contributed by atoms with Crippen LogP contribution in [0.1, 0.15) is 11.1 Å². The molecule has 30 heavy (non-hydrogen) atoms. The minimum absolute atomic E-state index is 0.0437. The van der Waals surface area contributed by atoms with Gasteiger partial charge in [0.1, 0.15) is 46.8 Å². The molecule has 0 radical (unpaired) electrons. The summed E-state index contributed by atoms with van der Waals surface area (Å²) in [6.45, 7) is 0. The summed E-state index contributed by atoms with van der Waals surface area (Å²) in [5.41, 5.74) is -0.776. The zero-order chi connectivity index (χ0) is 22.0. The zero-order valence-corrected chi connectivity index (χ0v) is 15.9. The second-order valence-corrected chi connectivity index (χ2v) is 6.37. The molecule has 0 amide bonds. The molecule has 150 valence electrons. The van der Waals surface area contributed by atoms with Gasteiger partial charge in [0.2, 0.25) is 0 Å². The van der Waals surface area contributed by atoms with E-state index >= 15 is 0 Å². The molecule has 0 fully saturated rings. The van der Waals surface area contributed by atoms with Crippen LogP contribution in [0.2, 0.25) is 0 Å². The van der Waals surface area contributed by atoms with Crippen LogP contribution in [0.3, 0.4) is 0 Å². The first-order chi connectivity index (χ1) is 14.3. The van der Waals surface area contributed by atoms with Crippen LogP contribution < -0.4 is 9.80 Å². The average Bonchev–Trinajstić information content (AvgIpc) is 2.72. The summed E-state index contributed by atoms with van der Waals surface area (Å²) in [5, 5.41) is 19.2. The summed E-state index contributed by atoms with van der Waals surface area (Å²) in [7, 11) is 2.69. The number of nitrogens with zero attached hydrogens (tertiary/aromatic N) is 4. The van der Waals surface area contributed by atoms with E-state index in [-0.39, 0.29) is 22.5 Å². The topological polar surface area (TPSA) is 54.1 Å². The Labute approximate surface area is 170 Å². The van der Waals surface area contributed by atoms with Crippen LogP contribution in [0.15, 0.2) is 48.5 Å². The lowest BCUT2D eigenvalue weighted by atomic mass is 10.0. The molecule has 3 aromatic carbocycles. The van der Waals surface area contributed by atoms with Crippen molar-refractivity contribution in [1.29, 1.82) is 10.5 Å². The third-order valence-corrected chi connectivity index (χ3v) is 4.62. The van der Waals surface area contributed by atoms with Crippen LogP contribution in [0.25, 0.3) is 0 Å². The van der Waals surface area contributed by atoms with Gasteiger partial charge in [-0.3, -0.25) is 0 Å². The van der Waals surface area contributed by atoms with Gasteiger partial charge in [0.05, 0.1) is 22.5 Å². The van der Waals surface area contributed by atoms with Gasteiger partial charge < -0.3 is 9.80 Å². The number of hydrogen-bond donors (Lipinski definition) is 0. The molecule has 0 saturated heterocycles. The lowest BCUT2D eigenvalue weighted by Gasteiger charge is -2.26. The third kappa shape index (κ3) is 3.51. The molecule has 0 atom stereocenters. The molecule has 0 heterocycles. The normalized spacial score (nSPS) is 10.3. The number of rotatable bonds is 4. The van der Waals surface area contributed by atoms with Crippen molar-refractivity contribution in [2.45, 2.75) is 0 Å². The van der Waals surface area contributed by atoms with Crippen molar-refractivity contribution in [2.75, 3.05) is 23.9 Å². The van der Waals surface area contributed by atoms with Crippen LogP contribution in [-0.4, -0.2) is 14.1 Å². The summed E-state index contributed by atoms with van der Waals surface area (Å²) in [6, 6.07) is 13.0. The minimum Gasteiger partial charge on any atom is -0.339 e. The Morgan fingerprint density at radius 3 is 1.20 bits per heavy atom. The molecule has 3 rings (SSSR count). The van der Waals surface area contributed by atoms with E-state index in [4.69, 9.17) is 0 Å². The molecule has 0 saturated carbocycles. The van der Waals surface area contributed by atoms with Gasteiger partial charge in [0, 0.05) is 14.1 Å². The minimum atomic E-state index is -0.852. The van der Waals surface area contributed by atoms with Crippen LogP contribution in [0, 0.1) is 45.9 Å². The number of hydrogen-bond acceptors (Lipinski definition) is 4. The second-order valence-electron chi connectivity index (χ2n) is 6.37. The monoisotopic (exact) mass is 410 g/mol. The Morgan fingerprint density at radius 2 is 0.933 bits per heavy atom. The van der Waals surface area contributed by atoms with Gasteiger partial charge in [-0.15, -0.1) is 0 Å². The molecule has 8 heteroatoms. The third-order valence-electron chi connectivity index (χ3n) is 4.62. The van der Waals surface area contributed by atoms with Crippen molar-refractivity contribution in [3.05, 3.63) is 82.9 Å². The maximum atomic E-state index is 14.2. The van der Waals surface area contributed by atoms with Crippen molar-refractivity contribution in [3.8, 4) is 12.1 Å². The van der Waals surface area contributed by atoms with Gasteiger partial charge in [-0.1, -0.05) is 12.1 Å². The molecule has 0 N–H and O–H groups in total. The number of nitriles is 2. The van der Waals surface area contributed by atoms with E-state index in [9.17, 15) is 28.1 Å². The molecule has 0 aliphatic carbocycles. The molecular formula is C22H14F4N4. The quantitative estimate of drug-likeness (QED) is 0.532. The lowest BCUT2D eigenvalue weighted by molar-refractivity contribution is 0.583. The second kappa shape index (κ2) is 8.14. The number of para-hydroxylation sites is 2. The van der Waals surface area contributed by atoms with Gasteiger partial charge in [0.15, 0.2) is 0 Å². The molecule has 4 nitrogen and oxygen atoms in total. The van der Waals surface area contributed by atoms with Crippen LogP contribution in [-0.2, 0) is 0 Å².